The summed E-state index contributed by atoms with van der Waals surface area (Å²) in [5.74, 6) is 0.172. The van der Waals surface area contributed by atoms with Crippen LogP contribution >= 0.6 is 0 Å². The second-order valence-corrected chi connectivity index (χ2v) is 3.28. The van der Waals surface area contributed by atoms with Gasteiger partial charge in [0.25, 0.3) is 0 Å². The topological polar surface area (TPSA) is 48.1 Å². The van der Waals surface area contributed by atoms with Crippen LogP contribution in [0.1, 0.15) is 5.56 Å². The summed E-state index contributed by atoms with van der Waals surface area (Å²) in [5.41, 5.74) is 1.63. The number of nitro groups is 1. The quantitative estimate of drug-likeness (QED) is 0.512. The SMILES string of the molecule is Cc1c([N+](=O)[O-])n(C)c2ccccc12. The predicted octanol–water partition coefficient (Wildman–Crippen LogP) is 2.39. The Kier molecular flexibility index (Phi) is 1.77. The monoisotopic (exact) mass is 190 g/mol. The van der Waals surface area contributed by atoms with Gasteiger partial charge in [0, 0.05) is 5.39 Å². The van der Waals surface area contributed by atoms with Crippen LogP contribution in [0.25, 0.3) is 10.9 Å². The Labute approximate surface area is 80.9 Å². The normalized spacial score (nSPS) is 10.7. The molecule has 0 radical (unpaired) electrons. The van der Waals surface area contributed by atoms with Crippen molar-refractivity contribution in [3.63, 3.8) is 0 Å². The molecule has 0 saturated carbocycles. The minimum absolute atomic E-state index is 0.172. The van der Waals surface area contributed by atoms with E-state index in [0.717, 1.165) is 16.5 Å². The van der Waals surface area contributed by atoms with E-state index in [1.807, 2.05) is 24.3 Å². The van der Waals surface area contributed by atoms with Gasteiger partial charge in [-0.1, -0.05) is 18.2 Å². The molecule has 0 aliphatic heterocycles. The maximum Gasteiger partial charge on any atom is 0.326 e. The molecule has 0 fully saturated rings. The van der Waals surface area contributed by atoms with Crippen LogP contribution in [-0.4, -0.2) is 9.49 Å². The number of aryl methyl sites for hydroxylation is 2. The van der Waals surface area contributed by atoms with Crippen LogP contribution in [0.3, 0.4) is 0 Å². The van der Waals surface area contributed by atoms with Gasteiger partial charge in [0.15, 0.2) is 0 Å². The molecule has 2 aromatic rings. The van der Waals surface area contributed by atoms with E-state index in [1.54, 1.807) is 18.5 Å². The van der Waals surface area contributed by atoms with Crippen LogP contribution in [-0.2, 0) is 7.05 Å². The smallest absolute Gasteiger partial charge is 0.326 e. The summed E-state index contributed by atoms with van der Waals surface area (Å²) in [6.45, 7) is 1.78. The molecule has 1 heterocycles. The molecule has 0 unspecified atom stereocenters. The van der Waals surface area contributed by atoms with E-state index >= 15 is 0 Å². The lowest BCUT2D eigenvalue weighted by Crippen LogP contribution is -1.97. The number of rotatable bonds is 1. The van der Waals surface area contributed by atoms with Crippen LogP contribution < -0.4 is 0 Å². The second kappa shape index (κ2) is 2.83. The van der Waals surface area contributed by atoms with Crippen molar-refractivity contribution in [1.29, 1.82) is 0 Å². The summed E-state index contributed by atoms with van der Waals surface area (Å²) >= 11 is 0. The summed E-state index contributed by atoms with van der Waals surface area (Å²) in [4.78, 5) is 10.5. The van der Waals surface area contributed by atoms with Crippen molar-refractivity contribution in [2.24, 2.45) is 7.05 Å². The zero-order chi connectivity index (χ0) is 10.3. The highest BCUT2D eigenvalue weighted by Crippen LogP contribution is 2.29. The van der Waals surface area contributed by atoms with E-state index in [4.69, 9.17) is 0 Å². The van der Waals surface area contributed by atoms with E-state index < -0.39 is 0 Å². The number of benzene rings is 1. The fourth-order valence-corrected chi connectivity index (χ4v) is 1.83. The first-order chi connectivity index (χ1) is 6.63. The van der Waals surface area contributed by atoms with Gasteiger partial charge in [-0.25, -0.2) is 4.57 Å². The Morgan fingerprint density at radius 2 is 2.00 bits per heavy atom. The van der Waals surface area contributed by atoms with Gasteiger partial charge < -0.3 is 10.1 Å². The summed E-state index contributed by atoms with van der Waals surface area (Å²) in [6.07, 6.45) is 0. The van der Waals surface area contributed by atoms with E-state index in [1.165, 1.54) is 0 Å². The van der Waals surface area contributed by atoms with Gasteiger partial charge in [0.2, 0.25) is 0 Å². The lowest BCUT2D eigenvalue weighted by Gasteiger charge is -1.95. The van der Waals surface area contributed by atoms with E-state index in [9.17, 15) is 10.1 Å². The average Bonchev–Trinajstić information content (AvgIpc) is 2.41. The van der Waals surface area contributed by atoms with Crippen LogP contribution in [0.4, 0.5) is 5.82 Å². The van der Waals surface area contributed by atoms with Gasteiger partial charge in [-0.15, -0.1) is 0 Å². The molecule has 0 amide bonds. The molecule has 0 N–H and O–H groups in total. The van der Waals surface area contributed by atoms with Crippen molar-refractivity contribution >= 4 is 16.7 Å². The molecule has 0 aliphatic rings. The molecule has 0 bridgehead atoms. The average molecular weight is 190 g/mol. The number of para-hydroxylation sites is 1. The Bertz CT molecular complexity index is 475. The van der Waals surface area contributed by atoms with E-state index in [2.05, 4.69) is 0 Å². The second-order valence-electron chi connectivity index (χ2n) is 3.28. The third-order valence-corrected chi connectivity index (χ3v) is 2.50. The number of hydrogen-bond acceptors (Lipinski definition) is 2. The van der Waals surface area contributed by atoms with Gasteiger partial charge in [-0.3, -0.25) is 0 Å². The fraction of sp³-hybridized carbons (Fsp3) is 0.200. The maximum absolute atomic E-state index is 10.8. The maximum atomic E-state index is 10.8. The molecule has 1 aromatic carbocycles. The van der Waals surface area contributed by atoms with Crippen molar-refractivity contribution in [1.82, 2.24) is 4.57 Å². The molecule has 0 saturated heterocycles. The van der Waals surface area contributed by atoms with Gasteiger partial charge in [-0.2, -0.15) is 0 Å². The third kappa shape index (κ3) is 1.00. The van der Waals surface area contributed by atoms with Crippen LogP contribution in [0.15, 0.2) is 24.3 Å². The van der Waals surface area contributed by atoms with Gasteiger partial charge in [-0.05, 0) is 17.9 Å². The van der Waals surface area contributed by atoms with Crippen molar-refractivity contribution in [3.8, 4) is 0 Å². The van der Waals surface area contributed by atoms with E-state index in [-0.39, 0.29) is 10.7 Å². The third-order valence-electron chi connectivity index (χ3n) is 2.50. The summed E-state index contributed by atoms with van der Waals surface area (Å²) < 4.78 is 1.62. The zero-order valence-corrected chi connectivity index (χ0v) is 8.02. The Morgan fingerprint density at radius 3 is 2.57 bits per heavy atom. The molecule has 4 nitrogen and oxygen atoms in total. The lowest BCUT2D eigenvalue weighted by molar-refractivity contribution is -0.392. The minimum Gasteiger partial charge on any atom is -0.358 e. The summed E-state index contributed by atoms with van der Waals surface area (Å²) in [6, 6.07) is 7.55. The van der Waals surface area contributed by atoms with Crippen LogP contribution in [0.2, 0.25) is 0 Å². The van der Waals surface area contributed by atoms with Gasteiger partial charge in [0.05, 0.1) is 12.6 Å². The lowest BCUT2D eigenvalue weighted by atomic mass is 10.2. The van der Waals surface area contributed by atoms with Crippen molar-refractivity contribution in [3.05, 3.63) is 39.9 Å². The Balaban J connectivity index is 2.92. The standard InChI is InChI=1S/C10H10N2O2/c1-7-8-5-3-4-6-9(8)11(2)10(7)12(13)14/h3-6H,1-2H3. The molecule has 0 spiro atoms. The molecule has 2 rings (SSSR count). The van der Waals surface area contributed by atoms with E-state index in [0.29, 0.717) is 0 Å². The van der Waals surface area contributed by atoms with Crippen molar-refractivity contribution in [2.75, 3.05) is 0 Å². The first kappa shape index (κ1) is 8.74. The first-order valence-corrected chi connectivity index (χ1v) is 4.31. The fourth-order valence-electron chi connectivity index (χ4n) is 1.83. The molecule has 0 atom stereocenters. The number of hydrogen-bond donors (Lipinski definition) is 0. The highest BCUT2D eigenvalue weighted by molar-refractivity contribution is 5.87. The first-order valence-electron chi connectivity index (χ1n) is 4.31. The zero-order valence-electron chi connectivity index (χ0n) is 8.02. The number of aromatic nitrogens is 1. The molecule has 1 aromatic heterocycles. The van der Waals surface area contributed by atoms with Gasteiger partial charge >= 0.3 is 5.82 Å². The van der Waals surface area contributed by atoms with Crippen LogP contribution in [0.5, 0.6) is 0 Å². The molecule has 4 heteroatoms. The highest BCUT2D eigenvalue weighted by Gasteiger charge is 2.20. The molecule has 14 heavy (non-hydrogen) atoms. The largest absolute Gasteiger partial charge is 0.358 e. The molecular weight excluding hydrogens is 180 g/mol. The Morgan fingerprint density at radius 1 is 1.36 bits per heavy atom. The molecule has 72 valence electrons. The summed E-state index contributed by atoms with van der Waals surface area (Å²) in [5, 5.41) is 11.7. The minimum atomic E-state index is -0.338. The molecule has 0 aliphatic carbocycles. The van der Waals surface area contributed by atoms with Crippen molar-refractivity contribution in [2.45, 2.75) is 6.92 Å². The van der Waals surface area contributed by atoms with Gasteiger partial charge in [0.1, 0.15) is 5.52 Å². The number of nitrogens with zero attached hydrogens (tertiary/aromatic N) is 2. The number of fused-ring (bicyclic) bond motifs is 1. The van der Waals surface area contributed by atoms with Crippen LogP contribution in [0, 0.1) is 17.0 Å². The highest BCUT2D eigenvalue weighted by atomic mass is 16.6. The Hall–Kier alpha value is -1.84. The summed E-state index contributed by atoms with van der Waals surface area (Å²) in [7, 11) is 1.72. The predicted molar refractivity (Wildman–Crippen MR) is 54.3 cm³/mol. The molecular formula is C10H10N2O2. The van der Waals surface area contributed by atoms with Crippen molar-refractivity contribution < 1.29 is 4.92 Å².